The van der Waals surface area contributed by atoms with Gasteiger partial charge in [0, 0.05) is 18.5 Å². The van der Waals surface area contributed by atoms with Crippen molar-refractivity contribution in [3.8, 4) is 0 Å². The summed E-state index contributed by atoms with van der Waals surface area (Å²) in [6.45, 7) is 0. The maximum absolute atomic E-state index is 12.3. The van der Waals surface area contributed by atoms with E-state index < -0.39 is 10.0 Å². The number of nitrogens with one attached hydrogen (secondary N) is 2. The average Bonchev–Trinajstić information content (AvgIpc) is 3.09. The van der Waals surface area contributed by atoms with Gasteiger partial charge in [0.15, 0.2) is 0 Å². The predicted molar refractivity (Wildman–Crippen MR) is 95.4 cm³/mol. The molecule has 7 heteroatoms. The number of hydrogen-bond acceptors (Lipinski definition) is 5. The summed E-state index contributed by atoms with van der Waals surface area (Å²) in [6.07, 6.45) is 14.9. The molecule has 1 atom stereocenters. The topological polar surface area (TPSA) is 83.5 Å². The Morgan fingerprint density at radius 1 is 1.17 bits per heavy atom. The number of sulfonamides is 1. The highest BCUT2D eigenvalue weighted by atomic mass is 32.2. The molecule has 2 aliphatic rings. The number of hydrogen-bond donors (Lipinski definition) is 2. The Bertz CT molecular complexity index is 692. The number of aromatic nitrogens is 1. The van der Waals surface area contributed by atoms with E-state index in [1.54, 1.807) is 12.1 Å². The van der Waals surface area contributed by atoms with Gasteiger partial charge >= 0.3 is 0 Å². The van der Waals surface area contributed by atoms with Crippen LogP contribution in [0.5, 0.6) is 0 Å². The SMILES string of the molecule is O=S(=O)(NC1CCCC1)c1ccc(NN=CC2CC=CCC2)nc1. The molecule has 2 aliphatic carbocycles. The lowest BCUT2D eigenvalue weighted by Gasteiger charge is -2.13. The van der Waals surface area contributed by atoms with Gasteiger partial charge < -0.3 is 0 Å². The number of pyridine rings is 1. The van der Waals surface area contributed by atoms with Crippen LogP contribution in [0.3, 0.4) is 0 Å². The fourth-order valence-electron chi connectivity index (χ4n) is 3.10. The minimum absolute atomic E-state index is 0.0574. The Morgan fingerprint density at radius 3 is 2.67 bits per heavy atom. The average molecular weight is 348 g/mol. The second-order valence-electron chi connectivity index (χ2n) is 6.42. The van der Waals surface area contributed by atoms with Crippen LogP contribution < -0.4 is 10.1 Å². The van der Waals surface area contributed by atoms with Gasteiger partial charge in [-0.3, -0.25) is 5.43 Å². The van der Waals surface area contributed by atoms with Gasteiger partial charge in [0.1, 0.15) is 10.7 Å². The smallest absolute Gasteiger partial charge is 0.242 e. The molecule has 1 fully saturated rings. The minimum Gasteiger partial charge on any atom is -0.262 e. The van der Waals surface area contributed by atoms with Gasteiger partial charge in [-0.15, -0.1) is 0 Å². The maximum atomic E-state index is 12.3. The second-order valence-corrected chi connectivity index (χ2v) is 8.13. The highest BCUT2D eigenvalue weighted by molar-refractivity contribution is 7.89. The molecule has 0 radical (unpaired) electrons. The Morgan fingerprint density at radius 2 is 2.00 bits per heavy atom. The molecule has 6 nitrogen and oxygen atoms in total. The fraction of sp³-hybridized carbons (Fsp3) is 0.529. The third kappa shape index (κ3) is 4.64. The third-order valence-electron chi connectivity index (χ3n) is 4.50. The summed E-state index contributed by atoms with van der Waals surface area (Å²) in [7, 11) is -3.48. The zero-order chi connectivity index (χ0) is 16.8. The van der Waals surface area contributed by atoms with E-state index in [0.29, 0.717) is 11.7 Å². The normalized spacial score (nSPS) is 22.2. The lowest BCUT2D eigenvalue weighted by molar-refractivity contribution is 0.552. The molecule has 1 aromatic heterocycles. The van der Waals surface area contributed by atoms with E-state index in [4.69, 9.17) is 0 Å². The molecule has 1 unspecified atom stereocenters. The zero-order valence-electron chi connectivity index (χ0n) is 13.7. The monoisotopic (exact) mass is 348 g/mol. The van der Waals surface area contributed by atoms with Gasteiger partial charge in [0.25, 0.3) is 0 Å². The van der Waals surface area contributed by atoms with Crippen LogP contribution in [0.25, 0.3) is 0 Å². The van der Waals surface area contributed by atoms with E-state index in [0.717, 1.165) is 44.9 Å². The quantitative estimate of drug-likeness (QED) is 0.470. The lowest BCUT2D eigenvalue weighted by Crippen LogP contribution is -2.32. The molecule has 24 heavy (non-hydrogen) atoms. The van der Waals surface area contributed by atoms with Crippen LogP contribution in [0.1, 0.15) is 44.9 Å². The fourth-order valence-corrected chi connectivity index (χ4v) is 4.35. The predicted octanol–water partition coefficient (Wildman–Crippen LogP) is 3.06. The molecule has 1 heterocycles. The van der Waals surface area contributed by atoms with Crippen molar-refractivity contribution in [3.05, 3.63) is 30.5 Å². The summed E-state index contributed by atoms with van der Waals surface area (Å²) in [5.74, 6) is 0.996. The van der Waals surface area contributed by atoms with Crippen molar-refractivity contribution in [1.29, 1.82) is 0 Å². The van der Waals surface area contributed by atoms with Crippen LogP contribution in [-0.4, -0.2) is 25.7 Å². The van der Waals surface area contributed by atoms with Gasteiger partial charge in [0.05, 0.1) is 0 Å². The lowest BCUT2D eigenvalue weighted by atomic mass is 9.96. The molecule has 0 amide bonds. The third-order valence-corrected chi connectivity index (χ3v) is 6.00. The van der Waals surface area contributed by atoms with Crippen LogP contribution in [0.15, 0.2) is 40.5 Å². The van der Waals surface area contributed by atoms with Gasteiger partial charge in [0.2, 0.25) is 10.0 Å². The summed E-state index contributed by atoms with van der Waals surface area (Å²) in [5, 5.41) is 4.20. The number of anilines is 1. The molecule has 130 valence electrons. The van der Waals surface area contributed by atoms with Crippen molar-refractivity contribution in [2.45, 2.75) is 55.9 Å². The Hall–Kier alpha value is -1.73. The number of allylic oxidation sites excluding steroid dienone is 2. The molecule has 0 aromatic carbocycles. The van der Waals surface area contributed by atoms with Crippen LogP contribution >= 0.6 is 0 Å². The van der Waals surface area contributed by atoms with Gasteiger partial charge in [-0.05, 0) is 50.2 Å². The van der Waals surface area contributed by atoms with Gasteiger partial charge in [-0.2, -0.15) is 5.10 Å². The molecule has 0 saturated heterocycles. The molecular formula is C17H24N4O2S. The van der Waals surface area contributed by atoms with Crippen molar-refractivity contribution < 1.29 is 8.42 Å². The first-order valence-electron chi connectivity index (χ1n) is 8.56. The minimum atomic E-state index is -3.48. The van der Waals surface area contributed by atoms with Gasteiger partial charge in [-0.25, -0.2) is 18.1 Å². The van der Waals surface area contributed by atoms with Crippen LogP contribution in [-0.2, 0) is 10.0 Å². The second kappa shape index (κ2) is 7.90. The van der Waals surface area contributed by atoms with E-state index >= 15 is 0 Å². The molecular weight excluding hydrogens is 324 g/mol. The van der Waals surface area contributed by atoms with E-state index in [9.17, 15) is 8.42 Å². The van der Waals surface area contributed by atoms with E-state index in [2.05, 4.69) is 32.4 Å². The number of rotatable bonds is 6. The molecule has 0 aliphatic heterocycles. The highest BCUT2D eigenvalue weighted by Crippen LogP contribution is 2.20. The van der Waals surface area contributed by atoms with Crippen molar-refractivity contribution in [2.75, 3.05) is 5.43 Å². The Balaban J connectivity index is 1.56. The highest BCUT2D eigenvalue weighted by Gasteiger charge is 2.23. The summed E-state index contributed by atoms with van der Waals surface area (Å²) < 4.78 is 27.4. The summed E-state index contributed by atoms with van der Waals surface area (Å²) >= 11 is 0. The Kier molecular flexibility index (Phi) is 5.63. The van der Waals surface area contributed by atoms with Crippen molar-refractivity contribution >= 4 is 22.1 Å². The first-order valence-corrected chi connectivity index (χ1v) is 10.0. The van der Waals surface area contributed by atoms with Crippen molar-refractivity contribution in [1.82, 2.24) is 9.71 Å². The van der Waals surface area contributed by atoms with E-state index in [-0.39, 0.29) is 10.9 Å². The van der Waals surface area contributed by atoms with E-state index in [1.165, 1.54) is 6.20 Å². The molecule has 1 aromatic rings. The molecule has 3 rings (SSSR count). The Labute approximate surface area is 143 Å². The molecule has 2 N–H and O–H groups in total. The summed E-state index contributed by atoms with van der Waals surface area (Å²) in [5.41, 5.74) is 2.86. The maximum Gasteiger partial charge on any atom is 0.242 e. The number of nitrogens with zero attached hydrogens (tertiary/aromatic N) is 2. The molecule has 0 spiro atoms. The van der Waals surface area contributed by atoms with Crippen LogP contribution in [0, 0.1) is 5.92 Å². The zero-order valence-corrected chi connectivity index (χ0v) is 14.5. The van der Waals surface area contributed by atoms with E-state index in [1.807, 2.05) is 6.21 Å². The standard InChI is InChI=1S/C17H24N4O2S/c22-24(23,21-15-8-4-5-9-15)16-10-11-17(18-13-16)20-19-12-14-6-2-1-3-7-14/h1-2,10-15,21H,3-9H2,(H,18,20). The first-order chi connectivity index (χ1) is 11.6. The van der Waals surface area contributed by atoms with Crippen LogP contribution in [0.4, 0.5) is 5.82 Å². The number of hydrazone groups is 1. The summed E-state index contributed by atoms with van der Waals surface area (Å²) in [6, 6.07) is 3.26. The van der Waals surface area contributed by atoms with Gasteiger partial charge in [-0.1, -0.05) is 25.0 Å². The van der Waals surface area contributed by atoms with Crippen molar-refractivity contribution in [3.63, 3.8) is 0 Å². The molecule has 0 bridgehead atoms. The van der Waals surface area contributed by atoms with Crippen molar-refractivity contribution in [2.24, 2.45) is 11.0 Å². The van der Waals surface area contributed by atoms with Crippen LogP contribution in [0.2, 0.25) is 0 Å². The molecule has 1 saturated carbocycles. The largest absolute Gasteiger partial charge is 0.262 e. The first kappa shape index (κ1) is 17.1. The summed E-state index contributed by atoms with van der Waals surface area (Å²) in [4.78, 5) is 4.34.